The number of rotatable bonds is 4. The summed E-state index contributed by atoms with van der Waals surface area (Å²) in [6, 6.07) is 5.23. The van der Waals surface area contributed by atoms with Crippen LogP contribution in [0.1, 0.15) is 19.3 Å². The highest BCUT2D eigenvalue weighted by atomic mass is 16.5. The normalized spacial score (nSPS) is 24.9. The maximum atomic E-state index is 5.30. The lowest BCUT2D eigenvalue weighted by atomic mass is 10.2. The largest absolute Gasteiger partial charge is 0.493 e. The Morgan fingerprint density at radius 2 is 2.29 bits per heavy atom. The van der Waals surface area contributed by atoms with Gasteiger partial charge in [-0.2, -0.15) is 0 Å². The number of pyridine rings is 1. The van der Waals surface area contributed by atoms with E-state index in [0.717, 1.165) is 24.2 Å². The van der Waals surface area contributed by atoms with Gasteiger partial charge in [-0.15, -0.1) is 0 Å². The Morgan fingerprint density at radius 3 is 3.06 bits per heavy atom. The van der Waals surface area contributed by atoms with Gasteiger partial charge in [-0.05, 0) is 31.4 Å². The van der Waals surface area contributed by atoms with E-state index in [1.165, 1.54) is 25.8 Å². The van der Waals surface area contributed by atoms with Crippen molar-refractivity contribution in [1.82, 2.24) is 9.88 Å². The van der Waals surface area contributed by atoms with Gasteiger partial charge in [0.2, 0.25) is 0 Å². The molecular formula is C13H19N3O. The van der Waals surface area contributed by atoms with E-state index in [2.05, 4.69) is 15.2 Å². The second kappa shape index (κ2) is 4.53. The van der Waals surface area contributed by atoms with Crippen molar-refractivity contribution < 1.29 is 4.74 Å². The van der Waals surface area contributed by atoms with Crippen molar-refractivity contribution in [2.24, 2.45) is 0 Å². The lowest BCUT2D eigenvalue weighted by Crippen LogP contribution is -2.28. The van der Waals surface area contributed by atoms with E-state index in [-0.39, 0.29) is 0 Å². The summed E-state index contributed by atoms with van der Waals surface area (Å²) in [5.74, 6) is 1.70. The fourth-order valence-corrected chi connectivity index (χ4v) is 2.53. The van der Waals surface area contributed by atoms with Crippen LogP contribution in [0.3, 0.4) is 0 Å². The minimum absolute atomic E-state index is 0.513. The van der Waals surface area contributed by atoms with E-state index in [1.54, 1.807) is 13.3 Å². The summed E-state index contributed by atoms with van der Waals surface area (Å²) in [6.45, 7) is 2.36. The second-order valence-electron chi connectivity index (χ2n) is 4.91. The molecule has 1 saturated heterocycles. The van der Waals surface area contributed by atoms with Gasteiger partial charge in [-0.25, -0.2) is 4.98 Å². The highest BCUT2D eigenvalue weighted by Crippen LogP contribution is 2.31. The summed E-state index contributed by atoms with van der Waals surface area (Å²) in [6.07, 6.45) is 5.79. The molecule has 1 atom stereocenters. The molecular weight excluding hydrogens is 214 g/mol. The third kappa shape index (κ3) is 2.36. The fourth-order valence-electron chi connectivity index (χ4n) is 2.53. The van der Waals surface area contributed by atoms with Gasteiger partial charge in [0.25, 0.3) is 0 Å². The molecule has 2 aliphatic rings. The Balaban J connectivity index is 1.62. The molecule has 1 aromatic heterocycles. The van der Waals surface area contributed by atoms with Gasteiger partial charge < -0.3 is 10.1 Å². The third-order valence-electron chi connectivity index (χ3n) is 3.61. The number of ether oxygens (including phenoxy) is 1. The summed E-state index contributed by atoms with van der Waals surface area (Å²) >= 11 is 0. The molecule has 2 heterocycles. The molecule has 0 spiro atoms. The van der Waals surface area contributed by atoms with Crippen LogP contribution in [0.15, 0.2) is 18.3 Å². The number of likely N-dealkylation sites (tertiary alicyclic amines) is 1. The molecule has 0 aromatic carbocycles. The maximum Gasteiger partial charge on any atom is 0.168 e. The fraction of sp³-hybridized carbons (Fsp3) is 0.615. The molecule has 1 aliphatic carbocycles. The van der Waals surface area contributed by atoms with E-state index < -0.39 is 0 Å². The van der Waals surface area contributed by atoms with Gasteiger partial charge in [0.1, 0.15) is 0 Å². The van der Waals surface area contributed by atoms with E-state index in [0.29, 0.717) is 6.04 Å². The molecule has 2 fully saturated rings. The third-order valence-corrected chi connectivity index (χ3v) is 3.61. The average Bonchev–Trinajstić information content (AvgIpc) is 3.11. The first-order valence-electron chi connectivity index (χ1n) is 6.36. The highest BCUT2D eigenvalue weighted by molar-refractivity contribution is 5.50. The van der Waals surface area contributed by atoms with Gasteiger partial charge in [0.05, 0.1) is 7.11 Å². The maximum absolute atomic E-state index is 5.30. The lowest BCUT2D eigenvalue weighted by Gasteiger charge is -2.17. The number of methoxy groups -OCH3 is 1. The van der Waals surface area contributed by atoms with Crippen LogP contribution >= 0.6 is 0 Å². The smallest absolute Gasteiger partial charge is 0.168 e. The van der Waals surface area contributed by atoms with Crippen molar-refractivity contribution in [3.05, 3.63) is 18.3 Å². The minimum atomic E-state index is 0.513. The number of anilines is 1. The molecule has 92 valence electrons. The van der Waals surface area contributed by atoms with Crippen molar-refractivity contribution in [3.63, 3.8) is 0 Å². The molecule has 1 saturated carbocycles. The first kappa shape index (κ1) is 10.8. The number of nitrogens with one attached hydrogen (secondary N) is 1. The van der Waals surface area contributed by atoms with Crippen molar-refractivity contribution in [1.29, 1.82) is 0 Å². The molecule has 1 unspecified atom stereocenters. The van der Waals surface area contributed by atoms with Crippen LogP contribution in [0.2, 0.25) is 0 Å². The number of hydrogen-bond acceptors (Lipinski definition) is 4. The lowest BCUT2D eigenvalue weighted by molar-refractivity contribution is 0.326. The summed E-state index contributed by atoms with van der Waals surface area (Å²) in [4.78, 5) is 6.93. The van der Waals surface area contributed by atoms with Gasteiger partial charge in [0, 0.05) is 31.4 Å². The topological polar surface area (TPSA) is 37.4 Å². The van der Waals surface area contributed by atoms with Crippen LogP contribution in [0.4, 0.5) is 5.82 Å². The Hall–Kier alpha value is -1.29. The summed E-state index contributed by atoms with van der Waals surface area (Å²) in [5, 5.41) is 3.50. The minimum Gasteiger partial charge on any atom is -0.493 e. The standard InChI is InChI=1S/C13H19N3O/c1-17-12-3-2-7-14-13(12)15-10-6-8-16(9-10)11-4-5-11/h2-3,7,10-11H,4-6,8-9H2,1H3,(H,14,15). The van der Waals surface area contributed by atoms with Gasteiger partial charge >= 0.3 is 0 Å². The summed E-state index contributed by atoms with van der Waals surface area (Å²) in [5.41, 5.74) is 0. The van der Waals surface area contributed by atoms with Crippen molar-refractivity contribution in [2.45, 2.75) is 31.3 Å². The highest BCUT2D eigenvalue weighted by Gasteiger charge is 2.34. The monoisotopic (exact) mass is 233 g/mol. The predicted molar refractivity (Wildman–Crippen MR) is 67.4 cm³/mol. The Labute approximate surface area is 102 Å². The molecule has 0 radical (unpaired) electrons. The van der Waals surface area contributed by atoms with Crippen molar-refractivity contribution >= 4 is 5.82 Å². The molecule has 0 bridgehead atoms. The molecule has 1 aliphatic heterocycles. The first-order chi connectivity index (χ1) is 8.36. The van der Waals surface area contributed by atoms with Gasteiger partial charge in [-0.3, -0.25) is 4.90 Å². The van der Waals surface area contributed by atoms with E-state index >= 15 is 0 Å². The van der Waals surface area contributed by atoms with Crippen molar-refractivity contribution in [2.75, 3.05) is 25.5 Å². The van der Waals surface area contributed by atoms with Gasteiger partial charge in [-0.1, -0.05) is 0 Å². The van der Waals surface area contributed by atoms with E-state index in [4.69, 9.17) is 4.74 Å². The van der Waals surface area contributed by atoms with Crippen molar-refractivity contribution in [3.8, 4) is 5.75 Å². The molecule has 4 heteroatoms. The zero-order chi connectivity index (χ0) is 11.7. The average molecular weight is 233 g/mol. The predicted octanol–water partition coefficient (Wildman–Crippen LogP) is 1.74. The Morgan fingerprint density at radius 1 is 1.41 bits per heavy atom. The van der Waals surface area contributed by atoms with Crippen LogP contribution < -0.4 is 10.1 Å². The molecule has 1 aromatic rings. The van der Waals surface area contributed by atoms with Crippen LogP contribution in [-0.2, 0) is 0 Å². The molecule has 0 amide bonds. The number of aromatic nitrogens is 1. The van der Waals surface area contributed by atoms with Gasteiger partial charge in [0.15, 0.2) is 11.6 Å². The van der Waals surface area contributed by atoms with E-state index in [9.17, 15) is 0 Å². The zero-order valence-electron chi connectivity index (χ0n) is 10.2. The Kier molecular flexibility index (Phi) is 2.89. The van der Waals surface area contributed by atoms with Crippen LogP contribution in [0.25, 0.3) is 0 Å². The molecule has 17 heavy (non-hydrogen) atoms. The van der Waals surface area contributed by atoms with Crippen LogP contribution in [-0.4, -0.2) is 42.2 Å². The Bertz CT molecular complexity index is 392. The quantitative estimate of drug-likeness (QED) is 0.859. The second-order valence-corrected chi connectivity index (χ2v) is 4.91. The van der Waals surface area contributed by atoms with E-state index in [1.807, 2.05) is 12.1 Å². The number of hydrogen-bond donors (Lipinski definition) is 1. The number of nitrogens with zero attached hydrogens (tertiary/aromatic N) is 2. The first-order valence-corrected chi connectivity index (χ1v) is 6.36. The SMILES string of the molecule is COc1cccnc1NC1CCN(C2CC2)C1. The molecule has 4 nitrogen and oxygen atoms in total. The summed E-state index contributed by atoms with van der Waals surface area (Å²) < 4.78 is 5.30. The molecule has 1 N–H and O–H groups in total. The van der Waals surface area contributed by atoms with Crippen LogP contribution in [0.5, 0.6) is 5.75 Å². The summed E-state index contributed by atoms with van der Waals surface area (Å²) in [7, 11) is 1.69. The molecule has 3 rings (SSSR count). The van der Waals surface area contributed by atoms with Crippen LogP contribution in [0, 0.1) is 0 Å². The zero-order valence-corrected chi connectivity index (χ0v) is 10.2.